The lowest BCUT2D eigenvalue weighted by Crippen LogP contribution is -2.43. The summed E-state index contributed by atoms with van der Waals surface area (Å²) < 4.78 is 32.6. The summed E-state index contributed by atoms with van der Waals surface area (Å²) in [5.41, 5.74) is 5.96. The number of benzene rings is 1. The van der Waals surface area contributed by atoms with Gasteiger partial charge >= 0.3 is 0 Å². The van der Waals surface area contributed by atoms with Crippen molar-refractivity contribution in [3.63, 3.8) is 0 Å². The molecule has 6 nitrogen and oxygen atoms in total. The maximum atomic E-state index is 12.5. The lowest BCUT2D eigenvalue weighted by molar-refractivity contribution is 0.164. The molecule has 1 fully saturated rings. The van der Waals surface area contributed by atoms with Crippen LogP contribution in [0, 0.1) is 5.92 Å². The Hall–Kier alpha value is -1.31. The molecule has 2 atom stereocenters. The zero-order valence-corrected chi connectivity index (χ0v) is 12.9. The van der Waals surface area contributed by atoms with E-state index in [9.17, 15) is 13.5 Å². The molecule has 1 aliphatic carbocycles. The van der Waals surface area contributed by atoms with Gasteiger partial charge in [0, 0.05) is 18.7 Å². The second-order valence-electron chi connectivity index (χ2n) is 5.36. The van der Waals surface area contributed by atoms with Gasteiger partial charge in [-0.3, -0.25) is 0 Å². The molecule has 0 radical (unpaired) electrons. The number of aliphatic hydroxyl groups excluding tert-OH is 1. The summed E-state index contributed by atoms with van der Waals surface area (Å²) >= 11 is 0. The largest absolute Gasteiger partial charge is 0.497 e. The van der Waals surface area contributed by atoms with Gasteiger partial charge in [0.1, 0.15) is 10.6 Å². The molecule has 7 heteroatoms. The predicted octanol–water partition coefficient (Wildman–Crippen LogP) is 1.11. The molecule has 21 heavy (non-hydrogen) atoms. The Balaban J connectivity index is 2.21. The first-order valence-corrected chi connectivity index (χ1v) is 8.53. The zero-order chi connectivity index (χ0) is 15.5. The maximum Gasteiger partial charge on any atom is 0.242 e. The van der Waals surface area contributed by atoms with Gasteiger partial charge < -0.3 is 15.6 Å². The molecule has 4 N–H and O–H groups in total. The van der Waals surface area contributed by atoms with Crippen molar-refractivity contribution in [3.05, 3.63) is 18.2 Å². The topological polar surface area (TPSA) is 102 Å². The van der Waals surface area contributed by atoms with E-state index in [0.717, 1.165) is 25.7 Å². The number of nitrogen functional groups attached to an aromatic ring is 1. The smallest absolute Gasteiger partial charge is 0.242 e. The summed E-state index contributed by atoms with van der Waals surface area (Å²) in [5, 5.41) is 9.38. The Kier molecular flexibility index (Phi) is 5.08. The number of aliphatic hydroxyl groups is 1. The molecule has 0 amide bonds. The van der Waals surface area contributed by atoms with Crippen molar-refractivity contribution in [2.24, 2.45) is 5.92 Å². The van der Waals surface area contributed by atoms with Crippen LogP contribution in [0.2, 0.25) is 0 Å². The van der Waals surface area contributed by atoms with Gasteiger partial charge in [0.15, 0.2) is 0 Å². The van der Waals surface area contributed by atoms with Crippen LogP contribution in [0.5, 0.6) is 5.75 Å². The van der Waals surface area contributed by atoms with Crippen molar-refractivity contribution in [1.29, 1.82) is 0 Å². The summed E-state index contributed by atoms with van der Waals surface area (Å²) in [6.07, 6.45) is 3.55. The number of ether oxygens (including phenoxy) is 1. The first-order chi connectivity index (χ1) is 9.97. The van der Waals surface area contributed by atoms with E-state index in [1.807, 2.05) is 0 Å². The molecule has 0 bridgehead atoms. The fourth-order valence-corrected chi connectivity index (χ4v) is 4.19. The minimum Gasteiger partial charge on any atom is -0.497 e. The number of rotatable bonds is 5. The highest BCUT2D eigenvalue weighted by Crippen LogP contribution is 2.28. The van der Waals surface area contributed by atoms with E-state index in [1.54, 1.807) is 6.07 Å². The van der Waals surface area contributed by atoms with E-state index in [2.05, 4.69) is 4.72 Å². The number of nitrogens with one attached hydrogen (secondary N) is 1. The standard InChI is InChI=1S/C14H22N2O4S/c1-20-11-6-7-14(12(15)8-11)21(18,19)16-13-5-3-2-4-10(13)9-17/h6-8,10,13,16-17H,2-5,9,15H2,1H3. The molecule has 0 heterocycles. The first-order valence-electron chi connectivity index (χ1n) is 7.04. The van der Waals surface area contributed by atoms with Gasteiger partial charge in [-0.2, -0.15) is 0 Å². The van der Waals surface area contributed by atoms with Crippen molar-refractivity contribution in [3.8, 4) is 5.75 Å². The van der Waals surface area contributed by atoms with Crippen LogP contribution in [0.4, 0.5) is 5.69 Å². The van der Waals surface area contributed by atoms with Gasteiger partial charge in [-0.15, -0.1) is 0 Å². The van der Waals surface area contributed by atoms with E-state index >= 15 is 0 Å². The monoisotopic (exact) mass is 314 g/mol. The van der Waals surface area contributed by atoms with Gasteiger partial charge in [-0.05, 0) is 30.9 Å². The molecule has 2 rings (SSSR count). The molecule has 2 unspecified atom stereocenters. The van der Waals surface area contributed by atoms with Gasteiger partial charge in [-0.1, -0.05) is 12.8 Å². The SMILES string of the molecule is COc1ccc(S(=O)(=O)NC2CCCCC2CO)c(N)c1. The van der Waals surface area contributed by atoms with Crippen LogP contribution in [0.15, 0.2) is 23.1 Å². The molecule has 118 valence electrons. The molecule has 0 saturated heterocycles. The minimum atomic E-state index is -3.70. The lowest BCUT2D eigenvalue weighted by atomic mass is 9.86. The van der Waals surface area contributed by atoms with Crippen LogP contribution in [0.25, 0.3) is 0 Å². The third kappa shape index (κ3) is 3.66. The van der Waals surface area contributed by atoms with E-state index in [0.29, 0.717) is 5.75 Å². The van der Waals surface area contributed by atoms with Gasteiger partial charge in [0.2, 0.25) is 10.0 Å². The molecular weight excluding hydrogens is 292 g/mol. The molecule has 1 aliphatic rings. The molecule has 0 aliphatic heterocycles. The summed E-state index contributed by atoms with van der Waals surface area (Å²) in [5.74, 6) is 0.477. The Bertz CT molecular complexity index is 589. The molecular formula is C14H22N2O4S. The van der Waals surface area contributed by atoms with Crippen molar-refractivity contribution in [1.82, 2.24) is 4.72 Å². The molecule has 1 aromatic carbocycles. The van der Waals surface area contributed by atoms with Crippen LogP contribution >= 0.6 is 0 Å². The third-order valence-corrected chi connectivity index (χ3v) is 5.52. The Morgan fingerprint density at radius 3 is 2.71 bits per heavy atom. The highest BCUT2D eigenvalue weighted by molar-refractivity contribution is 7.89. The van der Waals surface area contributed by atoms with Crippen molar-refractivity contribution in [2.75, 3.05) is 19.5 Å². The van der Waals surface area contributed by atoms with Crippen LogP contribution in [0.1, 0.15) is 25.7 Å². The van der Waals surface area contributed by atoms with E-state index in [4.69, 9.17) is 10.5 Å². The zero-order valence-electron chi connectivity index (χ0n) is 12.1. The Morgan fingerprint density at radius 2 is 2.10 bits per heavy atom. The molecule has 1 saturated carbocycles. The van der Waals surface area contributed by atoms with E-state index < -0.39 is 10.0 Å². The fourth-order valence-electron chi connectivity index (χ4n) is 2.74. The second kappa shape index (κ2) is 6.64. The first kappa shape index (κ1) is 16.1. The lowest BCUT2D eigenvalue weighted by Gasteiger charge is -2.30. The van der Waals surface area contributed by atoms with Crippen molar-refractivity contribution in [2.45, 2.75) is 36.6 Å². The Morgan fingerprint density at radius 1 is 1.38 bits per heavy atom. The van der Waals surface area contributed by atoms with Gasteiger partial charge in [0.05, 0.1) is 12.8 Å². The van der Waals surface area contributed by atoms with E-state index in [-0.39, 0.29) is 29.1 Å². The molecule has 0 spiro atoms. The van der Waals surface area contributed by atoms with Crippen LogP contribution in [-0.4, -0.2) is 33.3 Å². The average Bonchev–Trinajstić information content (AvgIpc) is 2.47. The number of sulfonamides is 1. The number of hydrogen-bond acceptors (Lipinski definition) is 5. The van der Waals surface area contributed by atoms with Gasteiger partial charge in [-0.25, -0.2) is 13.1 Å². The summed E-state index contributed by atoms with van der Waals surface area (Å²) in [7, 11) is -2.21. The van der Waals surface area contributed by atoms with Gasteiger partial charge in [0.25, 0.3) is 0 Å². The predicted molar refractivity (Wildman–Crippen MR) is 80.6 cm³/mol. The van der Waals surface area contributed by atoms with E-state index in [1.165, 1.54) is 19.2 Å². The van der Waals surface area contributed by atoms with Crippen LogP contribution < -0.4 is 15.2 Å². The summed E-state index contributed by atoms with van der Waals surface area (Å²) in [4.78, 5) is 0.0468. The quantitative estimate of drug-likeness (QED) is 0.707. The average molecular weight is 314 g/mol. The number of methoxy groups -OCH3 is 1. The number of anilines is 1. The van der Waals surface area contributed by atoms with Crippen molar-refractivity contribution < 1.29 is 18.3 Å². The highest BCUT2D eigenvalue weighted by Gasteiger charge is 2.29. The maximum absolute atomic E-state index is 12.5. The molecule has 1 aromatic rings. The minimum absolute atomic E-state index is 0.00865. The molecule has 0 aromatic heterocycles. The fraction of sp³-hybridized carbons (Fsp3) is 0.571. The Labute approximate surface area is 125 Å². The number of hydrogen-bond donors (Lipinski definition) is 3. The normalized spacial score (nSPS) is 23.0. The van der Waals surface area contributed by atoms with Crippen molar-refractivity contribution >= 4 is 15.7 Å². The second-order valence-corrected chi connectivity index (χ2v) is 7.04. The summed E-state index contributed by atoms with van der Waals surface area (Å²) in [6.45, 7) is -0.00865. The summed E-state index contributed by atoms with van der Waals surface area (Å²) in [6, 6.07) is 4.25. The highest BCUT2D eigenvalue weighted by atomic mass is 32.2. The van der Waals surface area contributed by atoms with Crippen LogP contribution in [0.3, 0.4) is 0 Å². The van der Waals surface area contributed by atoms with Crippen LogP contribution in [-0.2, 0) is 10.0 Å². The third-order valence-electron chi connectivity index (χ3n) is 3.96. The number of nitrogens with two attached hydrogens (primary N) is 1.